The van der Waals surface area contributed by atoms with Crippen LogP contribution < -0.4 is 14.8 Å². The lowest BCUT2D eigenvalue weighted by Gasteiger charge is -2.17. The van der Waals surface area contributed by atoms with Crippen molar-refractivity contribution in [2.45, 2.75) is 20.0 Å². The molecule has 0 radical (unpaired) electrons. The van der Waals surface area contributed by atoms with Crippen LogP contribution in [0.3, 0.4) is 0 Å². The average molecular weight is 500 g/mol. The predicted molar refractivity (Wildman–Crippen MR) is 139 cm³/mol. The molecule has 3 rings (SSSR count). The first-order chi connectivity index (χ1) is 17.8. The van der Waals surface area contributed by atoms with E-state index in [2.05, 4.69) is 11.9 Å². The summed E-state index contributed by atoms with van der Waals surface area (Å²) < 4.78 is 11.9. The number of hydrogen-bond donors (Lipinski definition) is 2. The Labute approximate surface area is 214 Å². The number of phenols is 1. The molecular formula is C28H25N3O6. The standard InChI is InChI=1S/C28H25N3O6/c1-3-5-21-14-20(15-22(17-29)28(33)30-23-8-12-25(32)13-9-23)16-26(36-4-2)27(21)37-18-19-6-10-24(11-7-19)31(34)35/h3,6-16,32H,1,4-5,18H2,2H3,(H,30,33)/b22-15+. The smallest absolute Gasteiger partial charge is 0.269 e. The van der Waals surface area contributed by atoms with Crippen molar-refractivity contribution in [1.29, 1.82) is 5.26 Å². The summed E-state index contributed by atoms with van der Waals surface area (Å²) in [5.41, 5.74) is 2.32. The summed E-state index contributed by atoms with van der Waals surface area (Å²) in [6.07, 6.45) is 3.57. The number of nitro groups is 1. The van der Waals surface area contributed by atoms with Crippen molar-refractivity contribution in [3.63, 3.8) is 0 Å². The number of nitro benzene ring substituents is 1. The van der Waals surface area contributed by atoms with Gasteiger partial charge in [0.25, 0.3) is 11.6 Å². The van der Waals surface area contributed by atoms with E-state index in [-0.39, 0.29) is 23.6 Å². The number of anilines is 1. The summed E-state index contributed by atoms with van der Waals surface area (Å²) in [6, 6.07) is 17.3. The molecule has 0 atom stereocenters. The maximum Gasteiger partial charge on any atom is 0.269 e. The number of nitriles is 1. The van der Waals surface area contributed by atoms with E-state index in [9.17, 15) is 25.3 Å². The summed E-state index contributed by atoms with van der Waals surface area (Å²) in [4.78, 5) is 23.1. The molecule has 0 heterocycles. The third kappa shape index (κ3) is 7.19. The van der Waals surface area contributed by atoms with E-state index in [0.717, 1.165) is 11.1 Å². The molecule has 0 saturated carbocycles. The number of carbonyl (C=O) groups excluding carboxylic acids is 1. The number of non-ortho nitro benzene ring substituents is 1. The van der Waals surface area contributed by atoms with Gasteiger partial charge in [0.05, 0.1) is 11.5 Å². The maximum absolute atomic E-state index is 12.7. The van der Waals surface area contributed by atoms with Crippen molar-refractivity contribution in [3.8, 4) is 23.3 Å². The number of nitrogens with one attached hydrogen (secondary N) is 1. The number of ether oxygens (including phenoxy) is 2. The lowest BCUT2D eigenvalue weighted by molar-refractivity contribution is -0.384. The van der Waals surface area contributed by atoms with Crippen LogP contribution in [0.4, 0.5) is 11.4 Å². The zero-order chi connectivity index (χ0) is 26.8. The molecule has 37 heavy (non-hydrogen) atoms. The van der Waals surface area contributed by atoms with Crippen LogP contribution in [-0.4, -0.2) is 22.5 Å². The van der Waals surface area contributed by atoms with Gasteiger partial charge < -0.3 is 19.9 Å². The normalized spacial score (nSPS) is 10.8. The molecule has 3 aromatic rings. The number of hydrogen-bond acceptors (Lipinski definition) is 7. The summed E-state index contributed by atoms with van der Waals surface area (Å²) in [7, 11) is 0. The maximum atomic E-state index is 12.7. The first-order valence-corrected chi connectivity index (χ1v) is 11.3. The number of benzene rings is 3. The van der Waals surface area contributed by atoms with E-state index in [1.807, 2.05) is 13.0 Å². The van der Waals surface area contributed by atoms with E-state index in [4.69, 9.17) is 9.47 Å². The molecule has 0 aromatic heterocycles. The topological polar surface area (TPSA) is 135 Å². The number of phenolic OH excluding ortho intramolecular Hbond substituents is 1. The zero-order valence-corrected chi connectivity index (χ0v) is 20.1. The average Bonchev–Trinajstić information content (AvgIpc) is 2.88. The van der Waals surface area contributed by atoms with Crippen LogP contribution in [-0.2, 0) is 17.8 Å². The van der Waals surface area contributed by atoms with Gasteiger partial charge in [-0.25, -0.2) is 0 Å². The Morgan fingerprint density at radius 3 is 2.46 bits per heavy atom. The van der Waals surface area contributed by atoms with Crippen molar-refractivity contribution >= 4 is 23.4 Å². The van der Waals surface area contributed by atoms with Crippen LogP contribution in [0, 0.1) is 21.4 Å². The van der Waals surface area contributed by atoms with Gasteiger partial charge in [0.1, 0.15) is 24.0 Å². The van der Waals surface area contributed by atoms with Gasteiger partial charge >= 0.3 is 0 Å². The Kier molecular flexibility index (Phi) is 9.00. The molecule has 1 amide bonds. The van der Waals surface area contributed by atoms with Crippen molar-refractivity contribution < 1.29 is 24.3 Å². The molecule has 188 valence electrons. The molecule has 9 nitrogen and oxygen atoms in total. The van der Waals surface area contributed by atoms with Gasteiger partial charge in [0.2, 0.25) is 0 Å². The largest absolute Gasteiger partial charge is 0.508 e. The fourth-order valence-corrected chi connectivity index (χ4v) is 3.43. The van der Waals surface area contributed by atoms with Crippen molar-refractivity contribution in [2.75, 3.05) is 11.9 Å². The van der Waals surface area contributed by atoms with Gasteiger partial charge in [-0.05, 0) is 79.1 Å². The van der Waals surface area contributed by atoms with Crippen LogP contribution in [0.1, 0.15) is 23.6 Å². The van der Waals surface area contributed by atoms with Crippen LogP contribution >= 0.6 is 0 Å². The van der Waals surface area contributed by atoms with Gasteiger partial charge in [-0.2, -0.15) is 5.26 Å². The highest BCUT2D eigenvalue weighted by molar-refractivity contribution is 6.09. The Balaban J connectivity index is 1.90. The first kappa shape index (κ1) is 26.5. The zero-order valence-electron chi connectivity index (χ0n) is 20.1. The number of allylic oxidation sites excluding steroid dienone is 1. The van der Waals surface area contributed by atoms with Gasteiger partial charge in [0.15, 0.2) is 11.5 Å². The van der Waals surface area contributed by atoms with Gasteiger partial charge in [-0.15, -0.1) is 6.58 Å². The number of amides is 1. The Bertz CT molecular complexity index is 1360. The molecular weight excluding hydrogens is 474 g/mol. The van der Waals surface area contributed by atoms with E-state index in [0.29, 0.717) is 35.8 Å². The molecule has 0 aliphatic heterocycles. The summed E-state index contributed by atoms with van der Waals surface area (Å²) >= 11 is 0. The van der Waals surface area contributed by atoms with Gasteiger partial charge in [-0.3, -0.25) is 14.9 Å². The lowest BCUT2D eigenvalue weighted by atomic mass is 10.0. The molecule has 0 aliphatic carbocycles. The molecule has 0 fully saturated rings. The predicted octanol–water partition coefficient (Wildman–Crippen LogP) is 5.55. The molecule has 3 aromatic carbocycles. The van der Waals surface area contributed by atoms with E-state index < -0.39 is 10.8 Å². The number of rotatable bonds is 11. The molecule has 0 spiro atoms. The van der Waals surface area contributed by atoms with E-state index in [1.165, 1.54) is 42.5 Å². The first-order valence-electron chi connectivity index (χ1n) is 11.3. The molecule has 0 aliphatic rings. The van der Waals surface area contributed by atoms with Gasteiger partial charge in [0, 0.05) is 23.4 Å². The minimum Gasteiger partial charge on any atom is -0.508 e. The monoisotopic (exact) mass is 499 g/mol. The van der Waals surface area contributed by atoms with Crippen LogP contribution in [0.2, 0.25) is 0 Å². The van der Waals surface area contributed by atoms with Crippen molar-refractivity contribution in [3.05, 3.63) is 106 Å². The second kappa shape index (κ2) is 12.6. The van der Waals surface area contributed by atoms with E-state index in [1.54, 1.807) is 30.3 Å². The molecule has 0 unspecified atom stereocenters. The fraction of sp³-hybridized carbons (Fsp3) is 0.143. The second-order valence-corrected chi connectivity index (χ2v) is 7.82. The second-order valence-electron chi connectivity index (χ2n) is 7.82. The Morgan fingerprint density at radius 2 is 1.86 bits per heavy atom. The van der Waals surface area contributed by atoms with Crippen LogP contribution in [0.5, 0.6) is 17.2 Å². The third-order valence-electron chi connectivity index (χ3n) is 5.15. The Morgan fingerprint density at radius 1 is 1.16 bits per heavy atom. The number of carbonyl (C=O) groups is 1. The highest BCUT2D eigenvalue weighted by atomic mass is 16.6. The highest BCUT2D eigenvalue weighted by Crippen LogP contribution is 2.35. The van der Waals surface area contributed by atoms with Gasteiger partial charge in [-0.1, -0.05) is 6.08 Å². The fourth-order valence-electron chi connectivity index (χ4n) is 3.43. The number of nitrogens with zero attached hydrogens (tertiary/aromatic N) is 2. The van der Waals surface area contributed by atoms with Crippen molar-refractivity contribution in [2.24, 2.45) is 0 Å². The molecule has 0 bridgehead atoms. The lowest BCUT2D eigenvalue weighted by Crippen LogP contribution is -2.13. The highest BCUT2D eigenvalue weighted by Gasteiger charge is 2.16. The molecule has 2 N–H and O–H groups in total. The minimum atomic E-state index is -0.602. The number of aromatic hydroxyl groups is 1. The molecule has 0 saturated heterocycles. The van der Waals surface area contributed by atoms with Crippen LogP contribution in [0.15, 0.2) is 78.9 Å². The third-order valence-corrected chi connectivity index (χ3v) is 5.15. The summed E-state index contributed by atoms with van der Waals surface area (Å²) in [5.74, 6) is 0.355. The Hall–Kier alpha value is -5.10. The summed E-state index contributed by atoms with van der Waals surface area (Å²) in [6.45, 7) is 6.11. The quantitative estimate of drug-likeness (QED) is 0.0881. The molecule has 9 heteroatoms. The van der Waals surface area contributed by atoms with Crippen LogP contribution in [0.25, 0.3) is 6.08 Å². The van der Waals surface area contributed by atoms with Crippen molar-refractivity contribution in [1.82, 2.24) is 0 Å². The summed E-state index contributed by atoms with van der Waals surface area (Å²) in [5, 5.41) is 32.5. The van der Waals surface area contributed by atoms with E-state index >= 15 is 0 Å². The SMILES string of the molecule is C=CCc1cc(/C=C(\C#N)C(=O)Nc2ccc(O)cc2)cc(OCC)c1OCc1ccc([N+](=O)[O-])cc1. The minimum absolute atomic E-state index is 0.00927.